The standard InChI is InChI=1S/C14H17N3O/c18-13-6-7-14(15-9-13)11-8-16-17(10-11)12-4-2-1-3-5-12/h6-10,12,18H,1-5H2. The van der Waals surface area contributed by atoms with Crippen molar-refractivity contribution in [1.82, 2.24) is 14.8 Å². The summed E-state index contributed by atoms with van der Waals surface area (Å²) < 4.78 is 2.07. The predicted octanol–water partition coefficient (Wildman–Crippen LogP) is 3.16. The van der Waals surface area contributed by atoms with E-state index in [-0.39, 0.29) is 5.75 Å². The van der Waals surface area contributed by atoms with Crippen LogP contribution < -0.4 is 0 Å². The van der Waals surface area contributed by atoms with Crippen LogP contribution in [0.2, 0.25) is 0 Å². The third kappa shape index (κ3) is 2.23. The van der Waals surface area contributed by atoms with Crippen LogP contribution in [-0.4, -0.2) is 19.9 Å². The molecular weight excluding hydrogens is 226 g/mol. The Morgan fingerprint density at radius 2 is 1.94 bits per heavy atom. The van der Waals surface area contributed by atoms with Crippen molar-refractivity contribution < 1.29 is 5.11 Å². The molecule has 0 saturated heterocycles. The zero-order valence-corrected chi connectivity index (χ0v) is 10.3. The summed E-state index contributed by atoms with van der Waals surface area (Å²) in [5.74, 6) is 0.193. The van der Waals surface area contributed by atoms with Gasteiger partial charge in [-0.05, 0) is 25.0 Å². The first-order chi connectivity index (χ1) is 8.83. The van der Waals surface area contributed by atoms with Crippen LogP contribution >= 0.6 is 0 Å². The Morgan fingerprint density at radius 3 is 2.67 bits per heavy atom. The molecule has 0 bridgehead atoms. The van der Waals surface area contributed by atoms with Crippen molar-refractivity contribution in [3.63, 3.8) is 0 Å². The van der Waals surface area contributed by atoms with Crippen LogP contribution in [0.3, 0.4) is 0 Å². The van der Waals surface area contributed by atoms with E-state index < -0.39 is 0 Å². The second-order valence-electron chi connectivity index (χ2n) is 4.90. The molecule has 3 rings (SSSR count). The molecule has 4 heteroatoms. The maximum absolute atomic E-state index is 9.23. The van der Waals surface area contributed by atoms with Crippen molar-refractivity contribution in [3.05, 3.63) is 30.7 Å². The topological polar surface area (TPSA) is 50.9 Å². The average Bonchev–Trinajstić information content (AvgIpc) is 2.90. The first-order valence-electron chi connectivity index (χ1n) is 6.52. The predicted molar refractivity (Wildman–Crippen MR) is 69.2 cm³/mol. The fraction of sp³-hybridized carbons (Fsp3) is 0.429. The van der Waals surface area contributed by atoms with Crippen LogP contribution in [0.1, 0.15) is 38.1 Å². The van der Waals surface area contributed by atoms with E-state index in [1.165, 1.54) is 38.3 Å². The van der Waals surface area contributed by atoms with E-state index in [1.54, 1.807) is 6.07 Å². The summed E-state index contributed by atoms with van der Waals surface area (Å²) in [5.41, 5.74) is 1.87. The molecule has 0 unspecified atom stereocenters. The summed E-state index contributed by atoms with van der Waals surface area (Å²) in [5, 5.41) is 13.7. The molecule has 2 aromatic rings. The van der Waals surface area contributed by atoms with Crippen LogP contribution in [0.15, 0.2) is 30.7 Å². The largest absolute Gasteiger partial charge is 0.506 e. The third-order valence-electron chi connectivity index (χ3n) is 3.59. The Morgan fingerprint density at radius 1 is 1.11 bits per heavy atom. The highest BCUT2D eigenvalue weighted by atomic mass is 16.3. The molecule has 2 heterocycles. The third-order valence-corrected chi connectivity index (χ3v) is 3.59. The average molecular weight is 243 g/mol. The van der Waals surface area contributed by atoms with E-state index >= 15 is 0 Å². The lowest BCUT2D eigenvalue weighted by atomic mass is 9.96. The van der Waals surface area contributed by atoms with Gasteiger partial charge in [0.2, 0.25) is 0 Å². The van der Waals surface area contributed by atoms with Crippen molar-refractivity contribution in [2.45, 2.75) is 38.1 Å². The number of rotatable bonds is 2. The smallest absolute Gasteiger partial charge is 0.133 e. The van der Waals surface area contributed by atoms with Crippen LogP contribution in [0, 0.1) is 0 Å². The molecule has 2 aromatic heterocycles. The number of hydrogen-bond acceptors (Lipinski definition) is 3. The van der Waals surface area contributed by atoms with E-state index in [2.05, 4.69) is 21.0 Å². The van der Waals surface area contributed by atoms with Crippen LogP contribution in [0.5, 0.6) is 5.75 Å². The molecule has 1 N–H and O–H groups in total. The maximum Gasteiger partial charge on any atom is 0.133 e. The Kier molecular flexibility index (Phi) is 3.00. The molecule has 94 valence electrons. The van der Waals surface area contributed by atoms with Crippen LogP contribution in [0.4, 0.5) is 0 Å². The zero-order valence-electron chi connectivity index (χ0n) is 10.3. The second kappa shape index (κ2) is 4.80. The molecule has 18 heavy (non-hydrogen) atoms. The Labute approximate surface area is 106 Å². The van der Waals surface area contributed by atoms with Crippen LogP contribution in [0.25, 0.3) is 11.3 Å². The van der Waals surface area contributed by atoms with Crippen molar-refractivity contribution >= 4 is 0 Å². The van der Waals surface area contributed by atoms with Gasteiger partial charge in [-0.15, -0.1) is 0 Å². The van der Waals surface area contributed by atoms with Gasteiger partial charge < -0.3 is 5.11 Å². The summed E-state index contributed by atoms with van der Waals surface area (Å²) >= 11 is 0. The van der Waals surface area contributed by atoms with Gasteiger partial charge in [-0.3, -0.25) is 9.67 Å². The van der Waals surface area contributed by atoms with E-state index in [4.69, 9.17) is 0 Å². The number of nitrogens with zero attached hydrogens (tertiary/aromatic N) is 3. The summed E-state index contributed by atoms with van der Waals surface area (Å²) in [7, 11) is 0. The minimum Gasteiger partial charge on any atom is -0.506 e. The lowest BCUT2D eigenvalue weighted by Gasteiger charge is -2.21. The van der Waals surface area contributed by atoms with Crippen molar-refractivity contribution in [3.8, 4) is 17.0 Å². The minimum atomic E-state index is 0.193. The van der Waals surface area contributed by atoms with Crippen molar-refractivity contribution in [1.29, 1.82) is 0 Å². The normalized spacial score (nSPS) is 16.9. The molecule has 0 amide bonds. The molecule has 1 saturated carbocycles. The minimum absolute atomic E-state index is 0.193. The number of aromatic hydroxyl groups is 1. The monoisotopic (exact) mass is 243 g/mol. The summed E-state index contributed by atoms with van der Waals surface area (Å²) in [6.07, 6.45) is 11.8. The highest BCUT2D eigenvalue weighted by molar-refractivity contribution is 5.57. The van der Waals surface area contributed by atoms with Gasteiger partial charge in [0.15, 0.2) is 0 Å². The number of pyridine rings is 1. The van der Waals surface area contributed by atoms with E-state index in [0.29, 0.717) is 6.04 Å². The first kappa shape index (κ1) is 11.3. The summed E-state index contributed by atoms with van der Waals surface area (Å²) in [6, 6.07) is 4.02. The van der Waals surface area contributed by atoms with Gasteiger partial charge in [0, 0.05) is 11.8 Å². The lowest BCUT2D eigenvalue weighted by molar-refractivity contribution is 0.329. The summed E-state index contributed by atoms with van der Waals surface area (Å²) in [6.45, 7) is 0. The molecule has 0 atom stereocenters. The summed E-state index contributed by atoms with van der Waals surface area (Å²) in [4.78, 5) is 4.20. The molecular formula is C14H17N3O. The molecule has 1 aliphatic carbocycles. The van der Waals surface area contributed by atoms with Gasteiger partial charge in [0.25, 0.3) is 0 Å². The molecule has 0 radical (unpaired) electrons. The van der Waals surface area contributed by atoms with Crippen LogP contribution in [-0.2, 0) is 0 Å². The van der Waals surface area contributed by atoms with Gasteiger partial charge in [0.05, 0.1) is 24.1 Å². The molecule has 0 aromatic carbocycles. The maximum atomic E-state index is 9.23. The Bertz CT molecular complexity index is 512. The van der Waals surface area contributed by atoms with E-state index in [0.717, 1.165) is 11.3 Å². The highest BCUT2D eigenvalue weighted by Crippen LogP contribution is 2.29. The number of hydrogen-bond donors (Lipinski definition) is 1. The number of aromatic nitrogens is 3. The SMILES string of the molecule is Oc1ccc(-c2cnn(C3CCCCC3)c2)nc1. The lowest BCUT2D eigenvalue weighted by Crippen LogP contribution is -2.12. The Hall–Kier alpha value is -1.84. The quantitative estimate of drug-likeness (QED) is 0.881. The van der Waals surface area contributed by atoms with Gasteiger partial charge in [-0.1, -0.05) is 19.3 Å². The van der Waals surface area contributed by atoms with Gasteiger partial charge in [-0.25, -0.2) is 0 Å². The fourth-order valence-corrected chi connectivity index (χ4v) is 2.57. The second-order valence-corrected chi connectivity index (χ2v) is 4.90. The molecule has 0 spiro atoms. The molecule has 1 aliphatic rings. The molecule has 0 aliphatic heterocycles. The Balaban J connectivity index is 1.82. The molecule has 4 nitrogen and oxygen atoms in total. The van der Waals surface area contributed by atoms with E-state index in [1.807, 2.05) is 12.3 Å². The van der Waals surface area contributed by atoms with Crippen molar-refractivity contribution in [2.24, 2.45) is 0 Å². The van der Waals surface area contributed by atoms with Gasteiger partial charge in [-0.2, -0.15) is 5.10 Å². The fourth-order valence-electron chi connectivity index (χ4n) is 2.57. The van der Waals surface area contributed by atoms with Gasteiger partial charge in [0.1, 0.15) is 5.75 Å². The molecule has 1 fully saturated rings. The van der Waals surface area contributed by atoms with Gasteiger partial charge >= 0.3 is 0 Å². The van der Waals surface area contributed by atoms with Crippen molar-refractivity contribution in [2.75, 3.05) is 0 Å². The first-order valence-corrected chi connectivity index (χ1v) is 6.52. The zero-order chi connectivity index (χ0) is 12.4. The van der Waals surface area contributed by atoms with E-state index in [9.17, 15) is 5.11 Å². The highest BCUT2D eigenvalue weighted by Gasteiger charge is 2.16.